The lowest BCUT2D eigenvalue weighted by molar-refractivity contribution is -0.0906. The number of hydrogen-bond acceptors (Lipinski definition) is 1. The molecule has 0 N–H and O–H groups in total. The van der Waals surface area contributed by atoms with Crippen LogP contribution in [0.25, 0.3) is 0 Å². The van der Waals surface area contributed by atoms with Gasteiger partial charge in [-0.3, -0.25) is 0 Å². The van der Waals surface area contributed by atoms with Crippen molar-refractivity contribution in [2.24, 2.45) is 11.3 Å². The Morgan fingerprint density at radius 3 is 2.68 bits per heavy atom. The smallest absolute Gasteiger partial charge is 0.220 e. The van der Waals surface area contributed by atoms with E-state index >= 15 is 0 Å². The summed E-state index contributed by atoms with van der Waals surface area (Å²) in [5.41, 5.74) is -0.533. The molecule has 0 aromatic carbocycles. The summed E-state index contributed by atoms with van der Waals surface area (Å²) in [6, 6.07) is 0. The van der Waals surface area contributed by atoms with Crippen LogP contribution in [-0.2, 0) is 0 Å². The van der Waals surface area contributed by atoms with Crippen LogP contribution in [-0.4, -0.2) is 23.7 Å². The van der Waals surface area contributed by atoms with Crippen LogP contribution in [0.5, 0.6) is 0 Å². The number of rotatable bonds is 2. The largest absolute Gasteiger partial charge is 0.416 e. The van der Waals surface area contributed by atoms with Crippen molar-refractivity contribution in [3.8, 4) is 0 Å². The molecule has 2 aliphatic rings. The normalized spacial score (nSPS) is 33.3. The van der Waals surface area contributed by atoms with Gasteiger partial charge in [0.25, 0.3) is 0 Å². The van der Waals surface area contributed by atoms with Crippen LogP contribution in [0.1, 0.15) is 33.1 Å². The fourth-order valence-electron chi connectivity index (χ4n) is 3.08. The highest BCUT2D eigenvalue weighted by Crippen LogP contribution is 2.44. The Kier molecular flexibility index (Phi) is 4.03. The van der Waals surface area contributed by atoms with Gasteiger partial charge in [-0.25, -0.2) is 4.42 Å². The van der Waals surface area contributed by atoms with E-state index in [1.54, 1.807) is 10.5 Å². The first-order valence-electron chi connectivity index (χ1n) is 6.57. The van der Waals surface area contributed by atoms with E-state index in [0.29, 0.717) is 17.9 Å². The summed E-state index contributed by atoms with van der Waals surface area (Å²) < 4.78 is 40.6. The van der Waals surface area contributed by atoms with E-state index in [0.717, 1.165) is 25.9 Å². The maximum Gasteiger partial charge on any atom is 0.416 e. The standard InChI is InChI=1S/C14H19ClF3N/c1-10-3-5-13(2,8-12(10)14(16,17)18)7-11-4-6-19(15)9-11/h3,8,11H,4-7,9H2,1-2H3. The predicted octanol–water partition coefficient (Wildman–Crippen LogP) is 4.70. The zero-order valence-corrected chi connectivity index (χ0v) is 12.0. The van der Waals surface area contributed by atoms with Crippen LogP contribution in [0.3, 0.4) is 0 Å². The van der Waals surface area contributed by atoms with Crippen molar-refractivity contribution < 1.29 is 13.2 Å². The topological polar surface area (TPSA) is 3.24 Å². The average Bonchev–Trinajstić information content (AvgIpc) is 2.66. The molecule has 2 rings (SSSR count). The van der Waals surface area contributed by atoms with Crippen molar-refractivity contribution in [1.82, 2.24) is 4.42 Å². The number of alkyl halides is 3. The molecule has 1 aliphatic heterocycles. The van der Waals surface area contributed by atoms with Gasteiger partial charge in [0.2, 0.25) is 0 Å². The van der Waals surface area contributed by atoms with Gasteiger partial charge < -0.3 is 0 Å². The van der Waals surface area contributed by atoms with E-state index in [4.69, 9.17) is 11.8 Å². The molecule has 1 nitrogen and oxygen atoms in total. The lowest BCUT2D eigenvalue weighted by Crippen LogP contribution is -2.26. The number of allylic oxidation sites excluding steroid dienone is 4. The number of halogens is 4. The van der Waals surface area contributed by atoms with E-state index < -0.39 is 17.2 Å². The molecule has 19 heavy (non-hydrogen) atoms. The second-order valence-electron chi connectivity index (χ2n) is 6.03. The van der Waals surface area contributed by atoms with Gasteiger partial charge in [-0.15, -0.1) is 0 Å². The molecular formula is C14H19ClF3N. The van der Waals surface area contributed by atoms with Gasteiger partial charge in [0.15, 0.2) is 0 Å². The summed E-state index contributed by atoms with van der Waals surface area (Å²) in [5, 5.41) is 0. The van der Waals surface area contributed by atoms with Gasteiger partial charge >= 0.3 is 6.18 Å². The minimum absolute atomic E-state index is 0.343. The molecule has 0 bridgehead atoms. The molecule has 1 fully saturated rings. The van der Waals surface area contributed by atoms with E-state index in [1.165, 1.54) is 13.0 Å². The first-order chi connectivity index (χ1) is 8.70. The van der Waals surface area contributed by atoms with E-state index in [1.807, 2.05) is 6.92 Å². The minimum Gasteiger partial charge on any atom is -0.220 e. The van der Waals surface area contributed by atoms with Crippen LogP contribution in [0.2, 0.25) is 0 Å². The lowest BCUT2D eigenvalue weighted by atomic mass is 9.73. The molecule has 5 heteroatoms. The van der Waals surface area contributed by atoms with Crippen molar-refractivity contribution >= 4 is 11.8 Å². The molecule has 1 aliphatic carbocycles. The molecule has 0 saturated carbocycles. The maximum absolute atomic E-state index is 13.0. The van der Waals surface area contributed by atoms with Crippen molar-refractivity contribution in [2.45, 2.75) is 39.3 Å². The van der Waals surface area contributed by atoms with Gasteiger partial charge in [0.1, 0.15) is 0 Å². The Hall–Kier alpha value is -0.480. The molecule has 108 valence electrons. The molecule has 0 amide bonds. The molecule has 1 heterocycles. The quantitative estimate of drug-likeness (QED) is 0.667. The van der Waals surface area contributed by atoms with Crippen LogP contribution < -0.4 is 0 Å². The van der Waals surface area contributed by atoms with E-state index in [9.17, 15) is 13.2 Å². The molecule has 0 spiro atoms. The summed E-state index contributed by atoms with van der Waals surface area (Å²) in [7, 11) is 0. The van der Waals surface area contributed by atoms with Crippen molar-refractivity contribution in [3.63, 3.8) is 0 Å². The molecule has 1 saturated heterocycles. The lowest BCUT2D eigenvalue weighted by Gasteiger charge is -2.33. The second kappa shape index (κ2) is 5.13. The van der Waals surface area contributed by atoms with Gasteiger partial charge in [-0.1, -0.05) is 19.1 Å². The number of nitrogens with zero attached hydrogens (tertiary/aromatic N) is 1. The highest BCUT2D eigenvalue weighted by Gasteiger charge is 2.40. The van der Waals surface area contributed by atoms with E-state index in [2.05, 4.69) is 0 Å². The van der Waals surface area contributed by atoms with Crippen LogP contribution >= 0.6 is 11.8 Å². The molecule has 0 aromatic rings. The molecule has 2 atom stereocenters. The summed E-state index contributed by atoms with van der Waals surface area (Å²) >= 11 is 5.92. The highest BCUT2D eigenvalue weighted by atomic mass is 35.5. The molecule has 2 unspecified atom stereocenters. The van der Waals surface area contributed by atoms with E-state index in [-0.39, 0.29) is 0 Å². The zero-order valence-electron chi connectivity index (χ0n) is 11.2. The first-order valence-corrected chi connectivity index (χ1v) is 6.91. The molecule has 0 aromatic heterocycles. The van der Waals surface area contributed by atoms with Crippen LogP contribution in [0, 0.1) is 11.3 Å². The van der Waals surface area contributed by atoms with Gasteiger partial charge in [0.05, 0.1) is 5.57 Å². The SMILES string of the molecule is CC1=CCC(C)(CC2CCN(Cl)C2)C=C1C(F)(F)F. The third-order valence-electron chi connectivity index (χ3n) is 4.09. The van der Waals surface area contributed by atoms with Gasteiger partial charge in [-0.05, 0) is 54.9 Å². The summed E-state index contributed by atoms with van der Waals surface area (Å²) in [4.78, 5) is 0. The van der Waals surface area contributed by atoms with Crippen molar-refractivity contribution in [3.05, 3.63) is 23.3 Å². The predicted molar refractivity (Wildman–Crippen MR) is 70.8 cm³/mol. The zero-order chi connectivity index (χ0) is 14.3. The summed E-state index contributed by atoms with van der Waals surface area (Å²) in [5.74, 6) is 0.389. The fourth-order valence-corrected chi connectivity index (χ4v) is 3.37. The third kappa shape index (κ3) is 3.54. The van der Waals surface area contributed by atoms with Crippen molar-refractivity contribution in [1.29, 1.82) is 0 Å². The Labute approximate surface area is 117 Å². The van der Waals surface area contributed by atoms with Crippen molar-refractivity contribution in [2.75, 3.05) is 13.1 Å². The fraction of sp³-hybridized carbons (Fsp3) is 0.714. The summed E-state index contributed by atoms with van der Waals surface area (Å²) in [6.45, 7) is 5.05. The van der Waals surface area contributed by atoms with Crippen LogP contribution in [0.15, 0.2) is 23.3 Å². The Morgan fingerprint density at radius 1 is 1.47 bits per heavy atom. The second-order valence-corrected chi connectivity index (χ2v) is 6.51. The molecular weight excluding hydrogens is 275 g/mol. The minimum atomic E-state index is -4.25. The van der Waals surface area contributed by atoms with Crippen LogP contribution in [0.4, 0.5) is 13.2 Å². The number of hydrogen-bond donors (Lipinski definition) is 0. The third-order valence-corrected chi connectivity index (χ3v) is 4.40. The maximum atomic E-state index is 13.0. The highest BCUT2D eigenvalue weighted by molar-refractivity contribution is 6.13. The first kappa shape index (κ1) is 14.9. The monoisotopic (exact) mass is 293 g/mol. The van der Waals surface area contributed by atoms with Gasteiger partial charge in [0, 0.05) is 13.1 Å². The Balaban J connectivity index is 2.14. The Bertz CT molecular complexity index is 413. The van der Waals surface area contributed by atoms with Gasteiger partial charge in [-0.2, -0.15) is 13.2 Å². The Morgan fingerprint density at radius 2 is 2.16 bits per heavy atom. The molecule has 0 radical (unpaired) electrons. The average molecular weight is 294 g/mol. The summed E-state index contributed by atoms with van der Waals surface area (Å²) in [6.07, 6.45) is 1.31.